The molecule has 1 aromatic rings. The van der Waals surface area contributed by atoms with Crippen LogP contribution in [0.2, 0.25) is 0 Å². The maximum atomic E-state index is 11.5. The largest absolute Gasteiger partial charge is 0.393 e. The Bertz CT molecular complexity index is 371. The molecule has 0 saturated heterocycles. The lowest BCUT2D eigenvalue weighted by atomic mass is 10.1. The Kier molecular flexibility index (Phi) is 3.24. The molecule has 16 heavy (non-hydrogen) atoms. The Morgan fingerprint density at radius 2 is 2.50 bits per heavy atom. The number of nitrogens with one attached hydrogen (secondary N) is 1. The van der Waals surface area contributed by atoms with E-state index < -0.39 is 0 Å². The summed E-state index contributed by atoms with van der Waals surface area (Å²) >= 11 is 0. The first-order valence-corrected chi connectivity index (χ1v) is 5.56. The van der Waals surface area contributed by atoms with E-state index >= 15 is 0 Å². The summed E-state index contributed by atoms with van der Waals surface area (Å²) in [5.41, 5.74) is 0.290. The van der Waals surface area contributed by atoms with Crippen molar-refractivity contribution in [2.45, 2.75) is 32.3 Å². The summed E-state index contributed by atoms with van der Waals surface area (Å²) in [5, 5.41) is 15.9. The SMILES string of the molecule is Cc1cc(C(=O)NCC[C@H](O)C2CC2)no1. The molecule has 0 aromatic carbocycles. The number of carbonyl (C=O) groups excluding carboxylic acids is 1. The molecule has 88 valence electrons. The van der Waals surface area contributed by atoms with Gasteiger partial charge < -0.3 is 14.9 Å². The highest BCUT2D eigenvalue weighted by molar-refractivity contribution is 5.92. The second-order valence-electron chi connectivity index (χ2n) is 4.27. The first-order chi connectivity index (χ1) is 7.66. The van der Waals surface area contributed by atoms with Crippen molar-refractivity contribution < 1.29 is 14.4 Å². The van der Waals surface area contributed by atoms with Crippen LogP contribution in [0, 0.1) is 12.8 Å². The summed E-state index contributed by atoms with van der Waals surface area (Å²) in [6.07, 6.45) is 2.54. The Balaban J connectivity index is 1.71. The lowest BCUT2D eigenvalue weighted by molar-refractivity contribution is 0.0928. The maximum absolute atomic E-state index is 11.5. The highest BCUT2D eigenvalue weighted by atomic mass is 16.5. The van der Waals surface area contributed by atoms with Crippen LogP contribution >= 0.6 is 0 Å². The molecular formula is C11H16N2O3. The second kappa shape index (κ2) is 4.65. The van der Waals surface area contributed by atoms with Gasteiger partial charge >= 0.3 is 0 Å². The zero-order valence-electron chi connectivity index (χ0n) is 9.27. The van der Waals surface area contributed by atoms with Crippen molar-refractivity contribution in [2.75, 3.05) is 6.54 Å². The van der Waals surface area contributed by atoms with Gasteiger partial charge in [0, 0.05) is 12.6 Å². The third kappa shape index (κ3) is 2.82. The maximum Gasteiger partial charge on any atom is 0.273 e. The van der Waals surface area contributed by atoms with Crippen molar-refractivity contribution in [3.63, 3.8) is 0 Å². The summed E-state index contributed by atoms with van der Waals surface area (Å²) in [7, 11) is 0. The summed E-state index contributed by atoms with van der Waals surface area (Å²) in [6.45, 7) is 2.21. The molecule has 0 bridgehead atoms. The molecule has 1 fully saturated rings. The molecular weight excluding hydrogens is 208 g/mol. The van der Waals surface area contributed by atoms with Crippen molar-refractivity contribution in [1.82, 2.24) is 10.5 Å². The molecule has 5 nitrogen and oxygen atoms in total. The molecule has 5 heteroatoms. The second-order valence-corrected chi connectivity index (χ2v) is 4.27. The number of aromatic nitrogens is 1. The van der Waals surface area contributed by atoms with Gasteiger partial charge in [0.15, 0.2) is 5.69 Å². The van der Waals surface area contributed by atoms with E-state index in [4.69, 9.17) is 4.52 Å². The van der Waals surface area contributed by atoms with Crippen LogP contribution in [0.5, 0.6) is 0 Å². The number of aliphatic hydroxyl groups excluding tert-OH is 1. The molecule has 1 atom stereocenters. The fourth-order valence-electron chi connectivity index (χ4n) is 1.61. The fraction of sp³-hybridized carbons (Fsp3) is 0.636. The first-order valence-electron chi connectivity index (χ1n) is 5.56. The van der Waals surface area contributed by atoms with Crippen LogP contribution in [0.25, 0.3) is 0 Å². The highest BCUT2D eigenvalue weighted by Gasteiger charge is 2.29. The number of hydrogen-bond donors (Lipinski definition) is 2. The average Bonchev–Trinajstić information content (AvgIpc) is 3.01. The monoisotopic (exact) mass is 224 g/mol. The molecule has 0 aliphatic heterocycles. The van der Waals surface area contributed by atoms with E-state index in [2.05, 4.69) is 10.5 Å². The number of hydrogen-bond acceptors (Lipinski definition) is 4. The van der Waals surface area contributed by atoms with E-state index in [1.165, 1.54) is 0 Å². The number of aryl methyl sites for hydroxylation is 1. The summed E-state index contributed by atoms with van der Waals surface area (Å²) in [6, 6.07) is 1.59. The zero-order valence-corrected chi connectivity index (χ0v) is 9.27. The zero-order chi connectivity index (χ0) is 11.5. The molecule has 0 spiro atoms. The number of nitrogens with zero attached hydrogens (tertiary/aromatic N) is 1. The van der Waals surface area contributed by atoms with Crippen LogP contribution in [0.15, 0.2) is 10.6 Å². The van der Waals surface area contributed by atoms with E-state index in [9.17, 15) is 9.90 Å². The number of aliphatic hydroxyl groups is 1. The Labute approximate surface area is 93.8 Å². The van der Waals surface area contributed by atoms with Crippen LogP contribution in [0.1, 0.15) is 35.5 Å². The minimum absolute atomic E-state index is 0.250. The fourth-order valence-corrected chi connectivity index (χ4v) is 1.61. The van der Waals surface area contributed by atoms with Gasteiger partial charge in [0.05, 0.1) is 6.10 Å². The standard InChI is InChI=1S/C11H16N2O3/c1-7-6-9(13-16-7)11(15)12-5-4-10(14)8-2-3-8/h6,8,10,14H,2-5H2,1H3,(H,12,15)/t10-/m0/s1. The van der Waals surface area contributed by atoms with Crippen molar-refractivity contribution >= 4 is 5.91 Å². The minimum Gasteiger partial charge on any atom is -0.393 e. The number of amides is 1. The number of rotatable bonds is 5. The molecule has 2 rings (SSSR count). The molecule has 1 saturated carbocycles. The van der Waals surface area contributed by atoms with Gasteiger partial charge in [-0.2, -0.15) is 0 Å². The molecule has 0 unspecified atom stereocenters. The van der Waals surface area contributed by atoms with Crippen molar-refractivity contribution in [3.05, 3.63) is 17.5 Å². The quantitative estimate of drug-likeness (QED) is 0.778. The van der Waals surface area contributed by atoms with Crippen molar-refractivity contribution in [3.8, 4) is 0 Å². The van der Waals surface area contributed by atoms with Gasteiger partial charge in [0.25, 0.3) is 5.91 Å². The van der Waals surface area contributed by atoms with Crippen LogP contribution in [0.4, 0.5) is 0 Å². The Hall–Kier alpha value is -1.36. The third-order valence-corrected chi connectivity index (χ3v) is 2.75. The Morgan fingerprint density at radius 3 is 3.06 bits per heavy atom. The third-order valence-electron chi connectivity index (χ3n) is 2.75. The van der Waals surface area contributed by atoms with Gasteiger partial charge in [-0.1, -0.05) is 5.16 Å². The predicted molar refractivity (Wildman–Crippen MR) is 56.9 cm³/mol. The predicted octanol–water partition coefficient (Wildman–Crippen LogP) is 0.874. The Morgan fingerprint density at radius 1 is 1.75 bits per heavy atom. The average molecular weight is 224 g/mol. The molecule has 1 amide bonds. The van der Waals surface area contributed by atoms with Crippen LogP contribution in [0.3, 0.4) is 0 Å². The smallest absolute Gasteiger partial charge is 0.273 e. The lowest BCUT2D eigenvalue weighted by Crippen LogP contribution is -2.27. The summed E-state index contributed by atoms with van der Waals surface area (Å²) in [4.78, 5) is 11.5. The van der Waals surface area contributed by atoms with Gasteiger partial charge in [-0.15, -0.1) is 0 Å². The lowest BCUT2D eigenvalue weighted by Gasteiger charge is -2.08. The van der Waals surface area contributed by atoms with E-state index in [-0.39, 0.29) is 12.0 Å². The van der Waals surface area contributed by atoms with E-state index in [0.29, 0.717) is 30.3 Å². The van der Waals surface area contributed by atoms with E-state index in [0.717, 1.165) is 12.8 Å². The molecule has 1 aliphatic rings. The summed E-state index contributed by atoms with van der Waals surface area (Å²) < 4.78 is 4.80. The van der Waals surface area contributed by atoms with Crippen LogP contribution in [-0.2, 0) is 0 Å². The highest BCUT2D eigenvalue weighted by Crippen LogP contribution is 2.33. The van der Waals surface area contributed by atoms with Gasteiger partial charge in [0.2, 0.25) is 0 Å². The van der Waals surface area contributed by atoms with Crippen molar-refractivity contribution in [2.24, 2.45) is 5.92 Å². The van der Waals surface area contributed by atoms with Crippen LogP contribution < -0.4 is 5.32 Å². The minimum atomic E-state index is -0.278. The molecule has 1 aromatic heterocycles. The molecule has 1 heterocycles. The van der Waals surface area contributed by atoms with E-state index in [1.54, 1.807) is 13.0 Å². The molecule has 1 aliphatic carbocycles. The van der Waals surface area contributed by atoms with Gasteiger partial charge in [-0.05, 0) is 32.1 Å². The van der Waals surface area contributed by atoms with Gasteiger partial charge in [0.1, 0.15) is 5.76 Å². The van der Waals surface area contributed by atoms with Gasteiger partial charge in [-0.25, -0.2) is 0 Å². The van der Waals surface area contributed by atoms with Crippen LogP contribution in [-0.4, -0.2) is 28.8 Å². The normalized spacial score (nSPS) is 17.1. The number of carbonyl (C=O) groups is 1. The molecule has 2 N–H and O–H groups in total. The van der Waals surface area contributed by atoms with Crippen molar-refractivity contribution in [1.29, 1.82) is 0 Å². The van der Waals surface area contributed by atoms with E-state index in [1.807, 2.05) is 0 Å². The first kappa shape index (κ1) is 11.1. The molecule has 0 radical (unpaired) electrons. The van der Waals surface area contributed by atoms with Gasteiger partial charge in [-0.3, -0.25) is 4.79 Å². The summed E-state index contributed by atoms with van der Waals surface area (Å²) in [5.74, 6) is 0.814. The topological polar surface area (TPSA) is 75.4 Å².